The summed E-state index contributed by atoms with van der Waals surface area (Å²) in [5.41, 5.74) is 2.32. The van der Waals surface area contributed by atoms with E-state index >= 15 is 0 Å². The minimum absolute atomic E-state index is 0.0491. The standard InChI is InChI=1S/C27H34N4O4/c1-18(2)20-12-14-21(15-13-20)29-25(33)17-31-23-10-6-5-9-22(23)26(34)30(27(31)35)16-8-7-11-24(32)28-19(3)4/h5-6,9-10,12-15,18-19,22H,7-8,11,16-17H2,1-4H3,(H-,28,29,32,33)/p+1. The zero-order chi connectivity index (χ0) is 25.5. The van der Waals surface area contributed by atoms with E-state index in [1.165, 1.54) is 15.0 Å². The van der Waals surface area contributed by atoms with E-state index in [0.29, 0.717) is 36.6 Å². The third kappa shape index (κ3) is 6.74. The van der Waals surface area contributed by atoms with Gasteiger partial charge >= 0.3 is 11.9 Å². The molecule has 3 rings (SSSR count). The second-order valence-corrected chi connectivity index (χ2v) is 9.51. The van der Waals surface area contributed by atoms with Crippen LogP contribution < -0.4 is 10.6 Å². The fourth-order valence-corrected chi connectivity index (χ4v) is 4.13. The summed E-state index contributed by atoms with van der Waals surface area (Å²) in [7, 11) is 0. The highest BCUT2D eigenvalue weighted by molar-refractivity contribution is 6.17. The zero-order valence-corrected chi connectivity index (χ0v) is 20.9. The fourth-order valence-electron chi connectivity index (χ4n) is 4.13. The van der Waals surface area contributed by atoms with Crippen molar-refractivity contribution in [3.05, 3.63) is 54.1 Å². The van der Waals surface area contributed by atoms with Crippen molar-refractivity contribution in [1.29, 1.82) is 0 Å². The van der Waals surface area contributed by atoms with Gasteiger partial charge in [-0.1, -0.05) is 44.2 Å². The first-order valence-electron chi connectivity index (χ1n) is 12.2. The smallest absolute Gasteiger partial charge is 0.354 e. The number of nitrogens with one attached hydrogen (secondary N) is 2. The number of fused-ring (bicyclic) bond motifs is 1. The topological polar surface area (TPSA) is 98.6 Å². The second kappa shape index (κ2) is 11.7. The first-order valence-corrected chi connectivity index (χ1v) is 12.2. The SMILES string of the molecule is CC(C)NC(=O)CCCCN1C(=O)C2C=CC=CC2=[N+](CC(=O)Nc2ccc(C(C)C)cc2)C1=O. The summed E-state index contributed by atoms with van der Waals surface area (Å²) < 4.78 is 1.37. The molecule has 2 N–H and O–H groups in total. The molecule has 35 heavy (non-hydrogen) atoms. The monoisotopic (exact) mass is 479 g/mol. The first-order chi connectivity index (χ1) is 16.7. The Balaban J connectivity index is 1.68. The van der Waals surface area contributed by atoms with Gasteiger partial charge in [-0.05, 0) is 56.4 Å². The molecule has 1 aliphatic heterocycles. The molecule has 8 heteroatoms. The van der Waals surface area contributed by atoms with Gasteiger partial charge in [-0.3, -0.25) is 9.59 Å². The molecule has 0 fully saturated rings. The Labute approximate surface area is 206 Å². The van der Waals surface area contributed by atoms with Gasteiger partial charge in [-0.2, -0.15) is 14.3 Å². The number of carbonyl (C=O) groups is 4. The molecular formula is C27H35N4O4+. The molecule has 1 aromatic carbocycles. The van der Waals surface area contributed by atoms with Crippen LogP contribution in [-0.2, 0) is 14.4 Å². The maximum atomic E-state index is 13.3. The van der Waals surface area contributed by atoms with Gasteiger partial charge < -0.3 is 10.6 Å². The predicted octanol–water partition coefficient (Wildman–Crippen LogP) is 3.60. The summed E-state index contributed by atoms with van der Waals surface area (Å²) in [5, 5.41) is 5.68. The van der Waals surface area contributed by atoms with Crippen molar-refractivity contribution in [3.63, 3.8) is 0 Å². The minimum atomic E-state index is -0.611. The van der Waals surface area contributed by atoms with Crippen LogP contribution in [0, 0.1) is 5.92 Å². The summed E-state index contributed by atoms with van der Waals surface area (Å²) in [6.07, 6.45) is 8.36. The number of allylic oxidation sites excluding steroid dienone is 3. The molecule has 1 aromatic rings. The molecular weight excluding hydrogens is 444 g/mol. The molecule has 0 saturated carbocycles. The Morgan fingerprint density at radius 2 is 1.71 bits per heavy atom. The molecule has 0 aromatic heterocycles. The fraction of sp³-hybridized carbons (Fsp3) is 0.444. The molecule has 0 saturated heterocycles. The Hall–Kier alpha value is -3.55. The van der Waals surface area contributed by atoms with Crippen LogP contribution in [0.2, 0.25) is 0 Å². The average molecular weight is 480 g/mol. The number of amides is 5. The van der Waals surface area contributed by atoms with Gasteiger partial charge in [-0.25, -0.2) is 4.79 Å². The predicted molar refractivity (Wildman–Crippen MR) is 135 cm³/mol. The summed E-state index contributed by atoms with van der Waals surface area (Å²) in [4.78, 5) is 52.2. The highest BCUT2D eigenvalue weighted by atomic mass is 16.2. The molecule has 186 valence electrons. The molecule has 2 aliphatic rings. The van der Waals surface area contributed by atoms with Crippen LogP contribution in [0.1, 0.15) is 58.4 Å². The van der Waals surface area contributed by atoms with Gasteiger partial charge in [0.2, 0.25) is 5.91 Å². The van der Waals surface area contributed by atoms with Gasteiger partial charge in [0.1, 0.15) is 11.6 Å². The van der Waals surface area contributed by atoms with Crippen LogP contribution in [0.3, 0.4) is 0 Å². The van der Waals surface area contributed by atoms with Gasteiger partial charge in [0.25, 0.3) is 5.91 Å². The summed E-state index contributed by atoms with van der Waals surface area (Å²) in [6, 6.07) is 7.17. The lowest BCUT2D eigenvalue weighted by molar-refractivity contribution is -0.427. The van der Waals surface area contributed by atoms with E-state index in [9.17, 15) is 19.2 Å². The molecule has 1 aliphatic carbocycles. The van der Waals surface area contributed by atoms with Crippen LogP contribution >= 0.6 is 0 Å². The summed E-state index contributed by atoms with van der Waals surface area (Å²) in [6.45, 7) is 7.99. The van der Waals surface area contributed by atoms with Crippen molar-refractivity contribution in [2.24, 2.45) is 5.92 Å². The molecule has 0 bridgehead atoms. The maximum Gasteiger partial charge on any atom is 0.501 e. The van der Waals surface area contributed by atoms with Crippen LogP contribution in [0.25, 0.3) is 0 Å². The largest absolute Gasteiger partial charge is 0.501 e. The van der Waals surface area contributed by atoms with Gasteiger partial charge in [-0.15, -0.1) is 0 Å². The lowest BCUT2D eigenvalue weighted by Gasteiger charge is -2.26. The number of urea groups is 1. The Morgan fingerprint density at radius 1 is 1.00 bits per heavy atom. The number of anilines is 1. The quantitative estimate of drug-likeness (QED) is 0.396. The van der Waals surface area contributed by atoms with Gasteiger partial charge in [0.15, 0.2) is 6.54 Å². The number of rotatable bonds is 10. The minimum Gasteiger partial charge on any atom is -0.354 e. The lowest BCUT2D eigenvalue weighted by Crippen LogP contribution is -2.55. The van der Waals surface area contributed by atoms with Gasteiger partial charge in [0.05, 0.1) is 6.54 Å². The maximum absolute atomic E-state index is 13.3. The highest BCUT2D eigenvalue weighted by Crippen LogP contribution is 2.21. The molecule has 5 amide bonds. The molecule has 1 heterocycles. The summed E-state index contributed by atoms with van der Waals surface area (Å²) >= 11 is 0. The number of nitrogens with zero attached hydrogens (tertiary/aromatic N) is 2. The van der Waals surface area contributed by atoms with E-state index < -0.39 is 11.9 Å². The van der Waals surface area contributed by atoms with Crippen LogP contribution in [0.15, 0.2) is 48.6 Å². The van der Waals surface area contributed by atoms with E-state index in [1.807, 2.05) is 38.1 Å². The lowest BCUT2D eigenvalue weighted by atomic mass is 9.94. The second-order valence-electron chi connectivity index (χ2n) is 9.51. The Bertz CT molecular complexity index is 1070. The van der Waals surface area contributed by atoms with E-state index in [-0.39, 0.29) is 36.9 Å². The molecule has 0 spiro atoms. The van der Waals surface area contributed by atoms with Crippen molar-refractivity contribution >= 4 is 35.2 Å². The molecule has 1 unspecified atom stereocenters. The van der Waals surface area contributed by atoms with Crippen molar-refractivity contribution in [2.45, 2.75) is 58.9 Å². The van der Waals surface area contributed by atoms with E-state index in [4.69, 9.17) is 0 Å². The van der Waals surface area contributed by atoms with E-state index in [0.717, 1.165) is 0 Å². The van der Waals surface area contributed by atoms with Crippen molar-refractivity contribution in [3.8, 4) is 0 Å². The third-order valence-corrected chi connectivity index (χ3v) is 5.95. The number of hydrogen-bond donors (Lipinski definition) is 2. The van der Waals surface area contributed by atoms with Crippen molar-refractivity contribution in [2.75, 3.05) is 18.4 Å². The van der Waals surface area contributed by atoms with Crippen LogP contribution in [0.4, 0.5) is 10.5 Å². The van der Waals surface area contributed by atoms with Crippen molar-refractivity contribution < 1.29 is 23.8 Å². The number of hydrogen-bond acceptors (Lipinski definition) is 4. The average Bonchev–Trinajstić information content (AvgIpc) is 2.81. The zero-order valence-electron chi connectivity index (χ0n) is 20.9. The first kappa shape index (κ1) is 26.1. The Kier molecular flexibility index (Phi) is 8.73. The Morgan fingerprint density at radius 3 is 2.37 bits per heavy atom. The highest BCUT2D eigenvalue weighted by Gasteiger charge is 2.46. The van der Waals surface area contributed by atoms with Gasteiger partial charge in [0, 0.05) is 18.2 Å². The number of unbranched alkanes of at least 4 members (excludes halogenated alkanes) is 1. The van der Waals surface area contributed by atoms with E-state index in [2.05, 4.69) is 24.5 Å². The molecule has 0 radical (unpaired) electrons. The molecule has 1 atom stereocenters. The number of carbonyl (C=O) groups excluding carboxylic acids is 4. The van der Waals surface area contributed by atoms with Crippen LogP contribution in [-0.4, -0.2) is 58.1 Å². The molecule has 8 nitrogen and oxygen atoms in total. The van der Waals surface area contributed by atoms with Crippen LogP contribution in [0.5, 0.6) is 0 Å². The normalized spacial score (nSPS) is 17.3. The third-order valence-electron chi connectivity index (χ3n) is 5.95. The number of imide groups is 1. The summed E-state index contributed by atoms with van der Waals surface area (Å²) in [5.74, 6) is -0.923. The van der Waals surface area contributed by atoms with Crippen molar-refractivity contribution in [1.82, 2.24) is 10.2 Å². The van der Waals surface area contributed by atoms with E-state index in [1.54, 1.807) is 24.3 Å². The number of benzene rings is 1.